The molecule has 0 spiro atoms. The summed E-state index contributed by atoms with van der Waals surface area (Å²) < 4.78 is 1.59. The van der Waals surface area contributed by atoms with Crippen LogP contribution in [0, 0.1) is 0 Å². The monoisotopic (exact) mass is 274 g/mol. The van der Waals surface area contributed by atoms with Gasteiger partial charge in [-0.15, -0.1) is 0 Å². The van der Waals surface area contributed by atoms with Crippen molar-refractivity contribution in [3.05, 3.63) is 30.3 Å². The van der Waals surface area contributed by atoms with E-state index in [0.717, 1.165) is 0 Å². The summed E-state index contributed by atoms with van der Waals surface area (Å²) in [7, 11) is 4.33. The molecule has 13 heavy (non-hydrogen) atoms. The van der Waals surface area contributed by atoms with Crippen LogP contribution in [0.1, 0.15) is 13.8 Å². The molecule has 0 fully saturated rings. The summed E-state index contributed by atoms with van der Waals surface area (Å²) in [6.45, 7) is 4.51. The first-order chi connectivity index (χ1) is 6.38. The normalized spacial score (nSPS) is 10.7. The van der Waals surface area contributed by atoms with Gasteiger partial charge >= 0.3 is 92.4 Å². The molecule has 3 heteroatoms. The predicted octanol–water partition coefficient (Wildman–Crippen LogP) is 2.89. The van der Waals surface area contributed by atoms with Crippen LogP contribution in [0.3, 0.4) is 0 Å². The van der Waals surface area contributed by atoms with Crippen LogP contribution in [0.15, 0.2) is 30.3 Å². The summed E-state index contributed by atoms with van der Waals surface area (Å²) in [5.41, 5.74) is 0. The van der Waals surface area contributed by atoms with E-state index in [9.17, 15) is 0 Å². The van der Waals surface area contributed by atoms with Crippen molar-refractivity contribution in [1.82, 2.24) is 0 Å². The number of rotatable bonds is 5. The van der Waals surface area contributed by atoms with Gasteiger partial charge in [-0.3, -0.25) is 0 Å². The van der Waals surface area contributed by atoms with Crippen molar-refractivity contribution in [1.29, 1.82) is 0 Å². The van der Waals surface area contributed by atoms with Gasteiger partial charge in [-0.1, -0.05) is 0 Å². The summed E-state index contributed by atoms with van der Waals surface area (Å²) >= 11 is -0.828. The summed E-state index contributed by atoms with van der Waals surface area (Å²) in [4.78, 5) is 0. The molecule has 0 nitrogen and oxygen atoms in total. The first kappa shape index (κ1) is 11.6. The molecule has 0 atom stereocenters. The van der Waals surface area contributed by atoms with Crippen LogP contribution < -0.4 is 4.35 Å². The van der Waals surface area contributed by atoms with Gasteiger partial charge in [-0.25, -0.2) is 0 Å². The zero-order chi connectivity index (χ0) is 9.52. The number of hydrogen-bond donors (Lipinski definition) is 0. The van der Waals surface area contributed by atoms with Gasteiger partial charge in [-0.2, -0.15) is 0 Å². The molecule has 1 rings (SSSR count). The zero-order valence-corrected chi connectivity index (χ0v) is 11.6. The molecule has 0 radical (unpaired) electrons. The Bertz CT molecular complexity index is 220. The Morgan fingerprint density at radius 1 is 1.00 bits per heavy atom. The van der Waals surface area contributed by atoms with Gasteiger partial charge in [0.2, 0.25) is 0 Å². The maximum absolute atomic E-state index is 2.28. The van der Waals surface area contributed by atoms with Crippen LogP contribution in [-0.4, -0.2) is 23.8 Å². The molecule has 1 aromatic rings. The molecule has 0 heterocycles. The van der Waals surface area contributed by atoms with Crippen LogP contribution in [0.5, 0.6) is 0 Å². The van der Waals surface area contributed by atoms with Crippen LogP contribution in [-0.2, 0) is 0 Å². The molecule has 1 aromatic carbocycles. The first-order valence-corrected chi connectivity index (χ1v) is 11.9. The number of hydrogen-bond acceptors (Lipinski definition) is 2. The fraction of sp³-hybridized carbons (Fsp3) is 0.400. The van der Waals surface area contributed by atoms with Crippen LogP contribution >= 0.6 is 20.0 Å². The van der Waals surface area contributed by atoms with Crippen molar-refractivity contribution in [2.24, 2.45) is 0 Å². The second-order valence-corrected chi connectivity index (χ2v) is 14.5. The second kappa shape index (κ2) is 6.86. The number of benzene rings is 1. The molecule has 0 saturated carbocycles. The molecule has 0 aromatic heterocycles. The molecule has 0 amide bonds. The van der Waals surface area contributed by atoms with Gasteiger partial charge in [0.1, 0.15) is 0 Å². The average Bonchev–Trinajstić information content (AvgIpc) is 2.19. The van der Waals surface area contributed by atoms with E-state index < -0.39 is 12.3 Å². The third-order valence-electron chi connectivity index (χ3n) is 1.46. The molecule has 0 N–H and O–H groups in total. The van der Waals surface area contributed by atoms with Crippen molar-refractivity contribution < 1.29 is 0 Å². The molecule has 0 bridgehead atoms. The summed E-state index contributed by atoms with van der Waals surface area (Å²) in [5, 5.41) is 0. The van der Waals surface area contributed by atoms with E-state index in [-0.39, 0.29) is 0 Å². The maximum atomic E-state index is 2.28. The van der Waals surface area contributed by atoms with E-state index in [2.05, 4.69) is 64.2 Å². The van der Waals surface area contributed by atoms with Crippen LogP contribution in [0.4, 0.5) is 0 Å². The minimum absolute atomic E-state index is 0.828. The van der Waals surface area contributed by atoms with E-state index in [1.54, 1.807) is 4.35 Å². The van der Waals surface area contributed by atoms with Gasteiger partial charge in [0, 0.05) is 0 Å². The van der Waals surface area contributed by atoms with Crippen LogP contribution in [0.2, 0.25) is 0 Å². The topological polar surface area (TPSA) is 0 Å². The van der Waals surface area contributed by atoms with Crippen LogP contribution in [0.25, 0.3) is 0 Å². The van der Waals surface area contributed by atoms with Crippen molar-refractivity contribution in [2.45, 2.75) is 13.8 Å². The van der Waals surface area contributed by atoms with Gasteiger partial charge in [0.15, 0.2) is 0 Å². The van der Waals surface area contributed by atoms with E-state index in [1.165, 1.54) is 11.5 Å². The summed E-state index contributed by atoms with van der Waals surface area (Å²) in [6.07, 6.45) is 0. The third-order valence-corrected chi connectivity index (χ3v) is 15.6. The van der Waals surface area contributed by atoms with E-state index in [1.807, 2.05) is 0 Å². The molecule has 0 aliphatic rings. The van der Waals surface area contributed by atoms with Gasteiger partial charge in [0.05, 0.1) is 0 Å². The molecule has 0 aliphatic carbocycles. The Morgan fingerprint density at radius 3 is 2.00 bits per heavy atom. The Kier molecular flexibility index (Phi) is 6.10. The Labute approximate surface area is 92.1 Å². The van der Waals surface area contributed by atoms with Gasteiger partial charge in [0.25, 0.3) is 0 Å². The molecule has 0 saturated heterocycles. The second-order valence-electron chi connectivity index (χ2n) is 2.43. The van der Waals surface area contributed by atoms with E-state index in [4.69, 9.17) is 0 Å². The molecule has 0 unspecified atom stereocenters. The summed E-state index contributed by atoms with van der Waals surface area (Å²) in [6, 6.07) is 11.0. The van der Waals surface area contributed by atoms with Crippen molar-refractivity contribution >= 4 is 36.7 Å². The fourth-order valence-electron chi connectivity index (χ4n) is 0.971. The molecule has 72 valence electrons. The fourth-order valence-corrected chi connectivity index (χ4v) is 13.7. The third kappa shape index (κ3) is 4.01. The van der Waals surface area contributed by atoms with E-state index >= 15 is 0 Å². The predicted molar refractivity (Wildman–Crippen MR) is 68.1 cm³/mol. The summed E-state index contributed by atoms with van der Waals surface area (Å²) in [5.74, 6) is 2.50. The SMILES string of the molecule is CCS[As](SCC)c1ccccc1. The first-order valence-electron chi connectivity index (χ1n) is 4.49. The van der Waals surface area contributed by atoms with Crippen molar-refractivity contribution in [3.8, 4) is 0 Å². The van der Waals surface area contributed by atoms with Gasteiger partial charge < -0.3 is 0 Å². The van der Waals surface area contributed by atoms with Crippen molar-refractivity contribution in [3.63, 3.8) is 0 Å². The van der Waals surface area contributed by atoms with Crippen molar-refractivity contribution in [2.75, 3.05) is 11.5 Å². The standard InChI is InChI=1S/C10H15AsS2/c1-3-12-11(13-4-2)10-8-6-5-7-9-10/h5-9H,3-4H2,1-2H3. The molecule has 0 aliphatic heterocycles. The minimum atomic E-state index is -0.828. The van der Waals surface area contributed by atoms with Gasteiger partial charge in [-0.05, 0) is 0 Å². The Morgan fingerprint density at radius 2 is 1.54 bits per heavy atom. The Balaban J connectivity index is 2.64. The molecular formula is C10H15AsS2. The zero-order valence-electron chi connectivity index (χ0n) is 8.06. The quantitative estimate of drug-likeness (QED) is 0.757. The Hall–Kier alpha value is 0.478. The van der Waals surface area contributed by atoms with E-state index in [0.29, 0.717) is 0 Å². The molecular weight excluding hydrogens is 259 g/mol. The average molecular weight is 274 g/mol.